The van der Waals surface area contributed by atoms with E-state index >= 15 is 0 Å². The summed E-state index contributed by atoms with van der Waals surface area (Å²) in [7, 11) is 1.25. The molecule has 1 fully saturated rings. The summed E-state index contributed by atoms with van der Waals surface area (Å²) in [5.41, 5.74) is 0. The van der Waals surface area contributed by atoms with Gasteiger partial charge in [0.2, 0.25) is 11.7 Å². The van der Waals surface area contributed by atoms with Crippen LogP contribution in [0.4, 0.5) is 13.2 Å². The number of amides is 1. The maximum atomic E-state index is 12.6. The molecule has 9 heteroatoms. The van der Waals surface area contributed by atoms with E-state index in [1.54, 1.807) is 4.90 Å². The lowest BCUT2D eigenvalue weighted by molar-refractivity contribution is -0.147. The fraction of sp³-hybridized carbons (Fsp3) is 0.769. The predicted molar refractivity (Wildman–Crippen MR) is 76.3 cm³/mol. The number of hydrogen-bond donors (Lipinski definition) is 0. The van der Waals surface area contributed by atoms with Gasteiger partial charge in [0.25, 0.3) is 0 Å². The molecule has 1 aromatic heterocycles. The summed E-state index contributed by atoms with van der Waals surface area (Å²) in [6.45, 7) is 5.61. The zero-order valence-electron chi connectivity index (χ0n) is 12.7. The fourth-order valence-corrected chi connectivity index (χ4v) is 3.59. The summed E-state index contributed by atoms with van der Waals surface area (Å²) in [6, 6.07) is 0. The van der Waals surface area contributed by atoms with Gasteiger partial charge in [-0.1, -0.05) is 25.6 Å². The molecule has 1 aliphatic rings. The molecule has 0 radical (unpaired) electrons. The van der Waals surface area contributed by atoms with E-state index in [0.717, 1.165) is 22.7 Å². The van der Waals surface area contributed by atoms with Gasteiger partial charge in [-0.25, -0.2) is 0 Å². The highest BCUT2D eigenvalue weighted by Crippen LogP contribution is 2.30. The molecule has 0 aromatic carbocycles. The number of hydrogen-bond acceptors (Lipinski definition) is 4. The molecule has 0 aliphatic carbocycles. The topological polar surface area (TPSA) is 51.0 Å². The van der Waals surface area contributed by atoms with Crippen molar-refractivity contribution in [1.82, 2.24) is 19.7 Å². The molecule has 0 saturated carbocycles. The number of halogens is 3. The van der Waals surface area contributed by atoms with E-state index in [-0.39, 0.29) is 16.8 Å². The Morgan fingerprint density at radius 2 is 1.86 bits per heavy atom. The Morgan fingerprint density at radius 1 is 1.27 bits per heavy atom. The number of piperidine rings is 1. The van der Waals surface area contributed by atoms with Crippen molar-refractivity contribution in [2.75, 3.05) is 18.8 Å². The van der Waals surface area contributed by atoms with E-state index in [1.807, 2.05) is 0 Å². The average molecular weight is 336 g/mol. The van der Waals surface area contributed by atoms with Crippen molar-refractivity contribution in [3.05, 3.63) is 5.82 Å². The minimum absolute atomic E-state index is 0.0695. The molecule has 22 heavy (non-hydrogen) atoms. The Bertz CT molecular complexity index is 536. The quantitative estimate of drug-likeness (QED) is 0.796. The summed E-state index contributed by atoms with van der Waals surface area (Å²) < 4.78 is 38.8. The molecule has 0 N–H and O–H groups in total. The standard InChI is InChI=1S/C13H19F3N4OS/c1-8-4-9(2)6-20(5-8)10(21)7-22-12-18-17-11(19(12)3)13(14,15)16/h8-9H,4-7H2,1-3H3/t8-,9-/m1/s1. The molecular weight excluding hydrogens is 317 g/mol. The second-order valence-corrected chi connectivity index (χ2v) is 6.84. The van der Waals surface area contributed by atoms with Gasteiger partial charge in [-0.05, 0) is 18.3 Å². The van der Waals surface area contributed by atoms with E-state index in [1.165, 1.54) is 7.05 Å². The molecule has 2 rings (SSSR count). The van der Waals surface area contributed by atoms with Crippen molar-refractivity contribution in [3.63, 3.8) is 0 Å². The van der Waals surface area contributed by atoms with Gasteiger partial charge in [0, 0.05) is 20.1 Å². The Labute approximate surface area is 131 Å². The van der Waals surface area contributed by atoms with E-state index in [0.29, 0.717) is 24.9 Å². The smallest absolute Gasteiger partial charge is 0.341 e. The number of carbonyl (C=O) groups is 1. The number of aromatic nitrogens is 3. The third-order valence-electron chi connectivity index (χ3n) is 3.63. The number of thioether (sulfide) groups is 1. The highest BCUT2D eigenvalue weighted by Gasteiger charge is 2.37. The van der Waals surface area contributed by atoms with Crippen molar-refractivity contribution in [3.8, 4) is 0 Å². The van der Waals surface area contributed by atoms with Crippen LogP contribution in [0.1, 0.15) is 26.1 Å². The van der Waals surface area contributed by atoms with E-state index < -0.39 is 12.0 Å². The van der Waals surface area contributed by atoms with Crippen LogP contribution in [0.25, 0.3) is 0 Å². The molecule has 0 unspecified atom stereocenters. The van der Waals surface area contributed by atoms with Crippen molar-refractivity contribution >= 4 is 17.7 Å². The highest BCUT2D eigenvalue weighted by molar-refractivity contribution is 7.99. The minimum Gasteiger partial charge on any atom is -0.341 e. The van der Waals surface area contributed by atoms with Crippen LogP contribution in [-0.2, 0) is 18.0 Å². The van der Waals surface area contributed by atoms with Crippen molar-refractivity contribution < 1.29 is 18.0 Å². The van der Waals surface area contributed by atoms with Crippen LogP contribution in [0.5, 0.6) is 0 Å². The second kappa shape index (κ2) is 6.47. The molecule has 1 amide bonds. The molecule has 0 bridgehead atoms. The largest absolute Gasteiger partial charge is 0.451 e. The molecule has 1 saturated heterocycles. The molecule has 0 spiro atoms. The third-order valence-corrected chi connectivity index (χ3v) is 4.64. The Kier molecular flexibility index (Phi) is 5.03. The second-order valence-electron chi connectivity index (χ2n) is 5.90. The summed E-state index contributed by atoms with van der Waals surface area (Å²) in [5, 5.41) is 6.75. The molecule has 2 atom stereocenters. The van der Waals surface area contributed by atoms with Crippen LogP contribution in [0.15, 0.2) is 5.16 Å². The SMILES string of the molecule is C[C@@H]1C[C@@H](C)CN(C(=O)CSc2nnc(C(F)(F)F)n2C)C1. The van der Waals surface area contributed by atoms with Crippen LogP contribution in [0.2, 0.25) is 0 Å². The zero-order chi connectivity index (χ0) is 16.5. The first-order valence-corrected chi connectivity index (χ1v) is 8.04. The molecule has 1 aliphatic heterocycles. The molecule has 5 nitrogen and oxygen atoms in total. The predicted octanol–water partition coefficient (Wildman–Crippen LogP) is 2.43. The summed E-state index contributed by atoms with van der Waals surface area (Å²) in [5.74, 6) is -0.153. The first-order valence-electron chi connectivity index (χ1n) is 7.05. The summed E-state index contributed by atoms with van der Waals surface area (Å²) >= 11 is 0.986. The van der Waals surface area contributed by atoms with Crippen LogP contribution < -0.4 is 0 Å². The first-order chi connectivity index (χ1) is 10.2. The van der Waals surface area contributed by atoms with Crippen LogP contribution in [-0.4, -0.2) is 44.4 Å². The number of likely N-dealkylation sites (tertiary alicyclic amines) is 1. The van der Waals surface area contributed by atoms with Gasteiger partial charge in [0.1, 0.15) is 0 Å². The lowest BCUT2D eigenvalue weighted by atomic mass is 9.92. The summed E-state index contributed by atoms with van der Waals surface area (Å²) in [4.78, 5) is 14.0. The van der Waals surface area contributed by atoms with Crippen molar-refractivity contribution in [1.29, 1.82) is 0 Å². The lowest BCUT2D eigenvalue weighted by Gasteiger charge is -2.34. The maximum absolute atomic E-state index is 12.6. The van der Waals surface area contributed by atoms with Crippen LogP contribution in [0, 0.1) is 11.8 Å². The van der Waals surface area contributed by atoms with Crippen LogP contribution >= 0.6 is 11.8 Å². The molecule has 2 heterocycles. The number of rotatable bonds is 3. The van der Waals surface area contributed by atoms with Gasteiger partial charge in [0.15, 0.2) is 5.16 Å². The molecule has 124 valence electrons. The minimum atomic E-state index is -4.54. The van der Waals surface area contributed by atoms with Crippen molar-refractivity contribution in [2.45, 2.75) is 31.6 Å². The van der Waals surface area contributed by atoms with Gasteiger partial charge in [-0.15, -0.1) is 10.2 Å². The van der Waals surface area contributed by atoms with E-state index in [9.17, 15) is 18.0 Å². The van der Waals surface area contributed by atoms with Crippen molar-refractivity contribution in [2.24, 2.45) is 18.9 Å². The Balaban J connectivity index is 1.96. The fourth-order valence-electron chi connectivity index (χ4n) is 2.77. The zero-order valence-corrected chi connectivity index (χ0v) is 13.5. The number of carbonyl (C=O) groups excluding carboxylic acids is 1. The highest BCUT2D eigenvalue weighted by atomic mass is 32.2. The van der Waals surface area contributed by atoms with Gasteiger partial charge in [-0.2, -0.15) is 13.2 Å². The number of alkyl halides is 3. The third kappa shape index (κ3) is 3.93. The Morgan fingerprint density at radius 3 is 2.36 bits per heavy atom. The van der Waals surface area contributed by atoms with E-state index in [2.05, 4.69) is 24.0 Å². The monoisotopic (exact) mass is 336 g/mol. The normalized spacial score (nSPS) is 22.9. The molecular formula is C13H19F3N4OS. The first kappa shape index (κ1) is 17.1. The van der Waals surface area contributed by atoms with Crippen LogP contribution in [0.3, 0.4) is 0 Å². The molecule has 1 aromatic rings. The average Bonchev–Trinajstić information content (AvgIpc) is 2.76. The van der Waals surface area contributed by atoms with Gasteiger partial charge in [0.05, 0.1) is 5.75 Å². The Hall–Kier alpha value is -1.25. The lowest BCUT2D eigenvalue weighted by Crippen LogP contribution is -2.43. The summed E-state index contributed by atoms with van der Waals surface area (Å²) in [6.07, 6.45) is -3.45. The van der Waals surface area contributed by atoms with Gasteiger partial charge < -0.3 is 9.47 Å². The van der Waals surface area contributed by atoms with E-state index in [4.69, 9.17) is 0 Å². The maximum Gasteiger partial charge on any atom is 0.451 e. The van der Waals surface area contributed by atoms with Gasteiger partial charge >= 0.3 is 6.18 Å². The number of nitrogens with zero attached hydrogens (tertiary/aromatic N) is 4. The van der Waals surface area contributed by atoms with Gasteiger partial charge in [-0.3, -0.25) is 4.79 Å².